The van der Waals surface area contributed by atoms with Crippen LogP contribution >= 0.6 is 0 Å². The van der Waals surface area contributed by atoms with E-state index in [1.807, 2.05) is 0 Å². The van der Waals surface area contributed by atoms with Crippen molar-refractivity contribution in [1.29, 1.82) is 0 Å². The normalized spacial score (nSPS) is 12.0. The summed E-state index contributed by atoms with van der Waals surface area (Å²) < 4.78 is 19.0. The van der Waals surface area contributed by atoms with Crippen LogP contribution in [0.5, 0.6) is 0 Å². The van der Waals surface area contributed by atoms with Gasteiger partial charge in [0, 0.05) is 27.7 Å². The van der Waals surface area contributed by atoms with Gasteiger partial charge in [0.2, 0.25) is 12.2 Å². The molecule has 0 bridgehead atoms. The van der Waals surface area contributed by atoms with Crippen molar-refractivity contribution in [3.63, 3.8) is 0 Å². The summed E-state index contributed by atoms with van der Waals surface area (Å²) in [5.74, 6) is -4.80. The van der Waals surface area contributed by atoms with Crippen molar-refractivity contribution in [1.82, 2.24) is 10.6 Å². The lowest BCUT2D eigenvalue weighted by atomic mass is 10.1. The van der Waals surface area contributed by atoms with Crippen LogP contribution in [0.2, 0.25) is 0 Å². The van der Waals surface area contributed by atoms with Gasteiger partial charge in [-0.3, -0.25) is 28.8 Å². The summed E-state index contributed by atoms with van der Waals surface area (Å²) in [6.45, 7) is 3.81. The predicted octanol–water partition coefficient (Wildman–Crippen LogP) is -1.79. The molecule has 2 amide bonds. The largest absolute Gasteiger partial charge is 0.464 e. The summed E-state index contributed by atoms with van der Waals surface area (Å²) in [6.07, 6.45) is -3.57. The third kappa shape index (κ3) is 11.4. The van der Waals surface area contributed by atoms with Gasteiger partial charge < -0.3 is 29.6 Å². The van der Waals surface area contributed by atoms with E-state index in [1.54, 1.807) is 0 Å². The summed E-state index contributed by atoms with van der Waals surface area (Å²) in [5.41, 5.74) is 0. The highest BCUT2D eigenvalue weighted by atomic mass is 16.6. The van der Waals surface area contributed by atoms with Gasteiger partial charge in [-0.15, -0.1) is 0 Å². The van der Waals surface area contributed by atoms with Crippen molar-refractivity contribution in [3.8, 4) is 0 Å². The molecule has 0 fully saturated rings. The Morgan fingerprint density at radius 2 is 0.929 bits per heavy atom. The number of ether oxygens (including phenoxy) is 4. The van der Waals surface area contributed by atoms with Crippen LogP contribution in [0.15, 0.2) is 0 Å². The van der Waals surface area contributed by atoms with Gasteiger partial charge in [0.25, 0.3) is 11.8 Å². The lowest BCUT2D eigenvalue weighted by Gasteiger charge is -2.24. The molecule has 12 nitrogen and oxygen atoms in total. The molecule has 0 aliphatic heterocycles. The van der Waals surface area contributed by atoms with Crippen LogP contribution < -0.4 is 10.6 Å². The Hall–Kier alpha value is -3.18. The maximum Gasteiger partial charge on any atom is 0.303 e. The van der Waals surface area contributed by atoms with Crippen molar-refractivity contribution in [2.24, 2.45) is 0 Å². The highest BCUT2D eigenvalue weighted by Crippen LogP contribution is 2.07. The Balaban J connectivity index is 5.11. The predicted molar refractivity (Wildman–Crippen MR) is 90.4 cm³/mol. The van der Waals surface area contributed by atoms with Gasteiger partial charge in [-0.1, -0.05) is 0 Å². The fourth-order valence-electron chi connectivity index (χ4n) is 1.80. The van der Waals surface area contributed by atoms with Crippen molar-refractivity contribution < 1.29 is 47.7 Å². The highest BCUT2D eigenvalue weighted by Gasteiger charge is 2.39. The molecule has 2 atom stereocenters. The quantitative estimate of drug-likeness (QED) is 0.228. The maximum absolute atomic E-state index is 12.3. The summed E-state index contributed by atoms with van der Waals surface area (Å²) >= 11 is 0. The molecule has 0 rings (SSSR count). The monoisotopic (exact) mass is 404 g/mol. The summed E-state index contributed by atoms with van der Waals surface area (Å²) in [6, 6.07) is 0. The van der Waals surface area contributed by atoms with Crippen LogP contribution in [-0.2, 0) is 47.7 Å². The Morgan fingerprint density at radius 1 is 0.607 bits per heavy atom. The summed E-state index contributed by atoms with van der Waals surface area (Å²) in [7, 11) is 0. The van der Waals surface area contributed by atoms with Crippen molar-refractivity contribution in [2.75, 3.05) is 26.3 Å². The fraction of sp³-hybridized carbons (Fsp3) is 0.625. The first-order valence-corrected chi connectivity index (χ1v) is 8.21. The minimum Gasteiger partial charge on any atom is -0.464 e. The van der Waals surface area contributed by atoms with E-state index in [9.17, 15) is 28.8 Å². The van der Waals surface area contributed by atoms with E-state index in [0.717, 1.165) is 13.8 Å². The molecule has 0 saturated carbocycles. The standard InChI is InChI=1S/C16H24N2O10/c1-9(19)25-7-5-17-15(23)13(27-11(3)21)14(28-12(4)22)16(24)18-6-8-26-10(2)20/h13-14H,5-8H2,1-4H3,(H,17,23)(H,18,24)/t13-,14-/m1/s1. The zero-order chi connectivity index (χ0) is 21.7. The Kier molecular flexibility index (Phi) is 11.6. The van der Waals surface area contributed by atoms with Crippen LogP contribution in [0, 0.1) is 0 Å². The number of amides is 2. The molecule has 28 heavy (non-hydrogen) atoms. The average Bonchev–Trinajstić information content (AvgIpc) is 2.57. The van der Waals surface area contributed by atoms with Crippen molar-refractivity contribution in [3.05, 3.63) is 0 Å². The SMILES string of the molecule is CC(=O)OCCNC(=O)[C@H](OC(C)=O)[C@@H](OC(C)=O)C(=O)NCCOC(C)=O. The van der Waals surface area contributed by atoms with Gasteiger partial charge >= 0.3 is 23.9 Å². The molecular weight excluding hydrogens is 380 g/mol. The lowest BCUT2D eigenvalue weighted by molar-refractivity contribution is -0.174. The van der Waals surface area contributed by atoms with E-state index in [2.05, 4.69) is 20.1 Å². The van der Waals surface area contributed by atoms with Gasteiger partial charge in [-0.2, -0.15) is 0 Å². The van der Waals surface area contributed by atoms with E-state index in [-0.39, 0.29) is 26.3 Å². The Morgan fingerprint density at radius 3 is 1.18 bits per heavy atom. The fourth-order valence-corrected chi connectivity index (χ4v) is 1.80. The zero-order valence-electron chi connectivity index (χ0n) is 16.1. The van der Waals surface area contributed by atoms with Gasteiger partial charge in [0.1, 0.15) is 13.2 Å². The van der Waals surface area contributed by atoms with Gasteiger partial charge in [-0.25, -0.2) is 0 Å². The molecule has 0 aromatic carbocycles. The second-order valence-corrected chi connectivity index (χ2v) is 5.32. The van der Waals surface area contributed by atoms with E-state index < -0.39 is 47.9 Å². The molecule has 158 valence electrons. The average molecular weight is 404 g/mol. The van der Waals surface area contributed by atoms with Crippen LogP contribution in [0.1, 0.15) is 27.7 Å². The number of carbonyl (C=O) groups excluding carboxylic acids is 6. The minimum atomic E-state index is -1.78. The Bertz CT molecular complexity index is 552. The number of rotatable bonds is 11. The zero-order valence-corrected chi connectivity index (χ0v) is 16.1. The van der Waals surface area contributed by atoms with Crippen molar-refractivity contribution in [2.45, 2.75) is 39.9 Å². The summed E-state index contributed by atoms with van der Waals surface area (Å²) in [4.78, 5) is 68.7. The van der Waals surface area contributed by atoms with Crippen LogP contribution in [-0.4, -0.2) is 74.2 Å². The van der Waals surface area contributed by atoms with E-state index in [1.165, 1.54) is 13.8 Å². The first-order chi connectivity index (χ1) is 13.0. The van der Waals surface area contributed by atoms with Crippen LogP contribution in [0.3, 0.4) is 0 Å². The lowest BCUT2D eigenvalue weighted by Crippen LogP contribution is -2.53. The second kappa shape index (κ2) is 13.1. The molecule has 12 heteroatoms. The summed E-state index contributed by atoms with van der Waals surface area (Å²) in [5, 5.41) is 4.60. The molecule has 0 aliphatic rings. The third-order valence-electron chi connectivity index (χ3n) is 2.79. The molecule has 0 unspecified atom stereocenters. The Labute approximate surface area is 161 Å². The van der Waals surface area contributed by atoms with E-state index >= 15 is 0 Å². The molecule has 0 saturated heterocycles. The van der Waals surface area contributed by atoms with E-state index in [0.29, 0.717) is 0 Å². The van der Waals surface area contributed by atoms with Gasteiger partial charge in [0.05, 0.1) is 13.1 Å². The smallest absolute Gasteiger partial charge is 0.303 e. The maximum atomic E-state index is 12.3. The molecule has 0 heterocycles. The molecule has 0 aromatic heterocycles. The number of nitrogens with one attached hydrogen (secondary N) is 2. The number of carbonyl (C=O) groups is 6. The molecular formula is C16H24N2O10. The molecule has 0 spiro atoms. The highest BCUT2D eigenvalue weighted by molar-refractivity contribution is 5.93. The molecule has 0 aliphatic carbocycles. The molecule has 2 N–H and O–H groups in total. The number of hydrogen-bond acceptors (Lipinski definition) is 10. The van der Waals surface area contributed by atoms with E-state index in [4.69, 9.17) is 9.47 Å². The van der Waals surface area contributed by atoms with Gasteiger partial charge in [0.15, 0.2) is 0 Å². The van der Waals surface area contributed by atoms with Crippen LogP contribution in [0.25, 0.3) is 0 Å². The first kappa shape index (κ1) is 24.8. The first-order valence-electron chi connectivity index (χ1n) is 8.21. The minimum absolute atomic E-state index is 0.128. The van der Waals surface area contributed by atoms with Crippen molar-refractivity contribution >= 4 is 35.7 Å². The molecule has 0 radical (unpaired) electrons. The third-order valence-corrected chi connectivity index (χ3v) is 2.79. The number of hydrogen-bond donors (Lipinski definition) is 2. The number of esters is 4. The molecule has 0 aromatic rings. The topological polar surface area (TPSA) is 163 Å². The van der Waals surface area contributed by atoms with Crippen LogP contribution in [0.4, 0.5) is 0 Å². The van der Waals surface area contributed by atoms with Gasteiger partial charge in [-0.05, 0) is 0 Å². The second-order valence-electron chi connectivity index (χ2n) is 5.32.